The second-order valence-corrected chi connectivity index (χ2v) is 8.62. The van der Waals surface area contributed by atoms with Crippen LogP contribution in [-0.4, -0.2) is 39.5 Å². The normalized spacial score (nSPS) is 28.4. The summed E-state index contributed by atoms with van der Waals surface area (Å²) < 4.78 is 40.8. The molecule has 0 bridgehead atoms. The number of carboxylic acids is 1. The fraction of sp³-hybridized carbons (Fsp3) is 0.438. The maximum absolute atomic E-state index is 14.3. The van der Waals surface area contributed by atoms with E-state index < -0.39 is 44.3 Å². The van der Waals surface area contributed by atoms with Gasteiger partial charge in [0, 0.05) is 6.42 Å². The number of fused-ring (bicyclic) bond motifs is 1. The lowest BCUT2D eigenvalue weighted by Crippen LogP contribution is -2.40. The van der Waals surface area contributed by atoms with Crippen LogP contribution in [0.5, 0.6) is 0 Å². The first kappa shape index (κ1) is 16.2. The minimum atomic E-state index is -3.85. The van der Waals surface area contributed by atoms with Crippen LogP contribution in [0.2, 0.25) is 0 Å². The highest BCUT2D eigenvalue weighted by atomic mass is 32.2. The average Bonchev–Trinajstić information content (AvgIpc) is 3.07. The lowest BCUT2D eigenvalue weighted by atomic mass is 9.85. The maximum atomic E-state index is 14.3. The molecule has 9 heteroatoms. The lowest BCUT2D eigenvalue weighted by Gasteiger charge is -2.30. The van der Waals surface area contributed by atoms with E-state index in [1.165, 1.54) is 4.68 Å². The van der Waals surface area contributed by atoms with Crippen molar-refractivity contribution in [3.05, 3.63) is 41.7 Å². The molecule has 2 aliphatic rings. The molecule has 1 fully saturated rings. The van der Waals surface area contributed by atoms with Gasteiger partial charge in [0.15, 0.2) is 12.0 Å². The van der Waals surface area contributed by atoms with Crippen LogP contribution in [0.4, 0.5) is 4.39 Å². The number of aromatic nitrogens is 3. The number of rotatable bonds is 4. The van der Waals surface area contributed by atoms with E-state index in [2.05, 4.69) is 10.1 Å². The molecule has 2 aromatic rings. The fourth-order valence-electron chi connectivity index (χ4n) is 3.40. The van der Waals surface area contributed by atoms with Crippen LogP contribution in [0.25, 0.3) is 0 Å². The first-order chi connectivity index (χ1) is 11.9. The van der Waals surface area contributed by atoms with Crippen molar-refractivity contribution in [2.45, 2.75) is 41.9 Å². The van der Waals surface area contributed by atoms with Gasteiger partial charge in [-0.25, -0.2) is 17.5 Å². The van der Waals surface area contributed by atoms with Crippen molar-refractivity contribution in [1.29, 1.82) is 0 Å². The Morgan fingerprint density at radius 2 is 1.88 bits per heavy atom. The Balaban J connectivity index is 1.64. The van der Waals surface area contributed by atoms with E-state index in [1.807, 2.05) is 30.3 Å². The number of benzene rings is 1. The van der Waals surface area contributed by atoms with Crippen LogP contribution >= 0.6 is 0 Å². The molecule has 2 heterocycles. The zero-order valence-electron chi connectivity index (χ0n) is 13.1. The van der Waals surface area contributed by atoms with Crippen molar-refractivity contribution in [1.82, 2.24) is 14.8 Å². The maximum Gasteiger partial charge on any atom is 0.306 e. The Morgan fingerprint density at radius 1 is 1.20 bits per heavy atom. The van der Waals surface area contributed by atoms with Gasteiger partial charge in [-0.05, 0) is 18.4 Å². The van der Waals surface area contributed by atoms with Gasteiger partial charge in [0.05, 0.1) is 17.2 Å². The van der Waals surface area contributed by atoms with Gasteiger partial charge in [-0.1, -0.05) is 30.3 Å². The summed E-state index contributed by atoms with van der Waals surface area (Å²) in [5.74, 6) is -1.64. The summed E-state index contributed by atoms with van der Waals surface area (Å²) in [5, 5.41) is 11.8. The lowest BCUT2D eigenvalue weighted by molar-refractivity contribution is -0.144. The summed E-state index contributed by atoms with van der Waals surface area (Å²) in [6.45, 7) is 0. The number of halogens is 1. The molecule has 132 valence electrons. The predicted octanol–water partition coefficient (Wildman–Crippen LogP) is 1.92. The molecule has 1 aromatic carbocycles. The molecule has 2 atom stereocenters. The zero-order valence-corrected chi connectivity index (χ0v) is 13.9. The highest BCUT2D eigenvalue weighted by molar-refractivity contribution is 7.91. The Bertz CT molecular complexity index is 922. The molecule has 1 aliphatic heterocycles. The van der Waals surface area contributed by atoms with Crippen LogP contribution in [-0.2, 0) is 14.6 Å². The van der Waals surface area contributed by atoms with Gasteiger partial charge >= 0.3 is 5.97 Å². The van der Waals surface area contributed by atoms with E-state index in [-0.39, 0.29) is 25.1 Å². The Labute approximate surface area is 143 Å². The Hall–Kier alpha value is -2.29. The molecule has 25 heavy (non-hydrogen) atoms. The van der Waals surface area contributed by atoms with Crippen LogP contribution < -0.4 is 0 Å². The van der Waals surface area contributed by atoms with Gasteiger partial charge in [0.2, 0.25) is 9.84 Å². The topological polar surface area (TPSA) is 102 Å². The number of nitrogens with zero attached hydrogens (tertiary/aromatic N) is 3. The third kappa shape index (κ3) is 2.53. The van der Waals surface area contributed by atoms with E-state index in [4.69, 9.17) is 5.11 Å². The molecule has 4 rings (SSSR count). The third-order valence-corrected chi connectivity index (χ3v) is 6.91. The summed E-state index contributed by atoms with van der Waals surface area (Å²) in [5.41, 5.74) is 0.840. The first-order valence-corrected chi connectivity index (χ1v) is 9.54. The van der Waals surface area contributed by atoms with Crippen LogP contribution in [0.15, 0.2) is 35.5 Å². The number of carbonyl (C=O) groups is 1. The number of alkyl halides is 1. The summed E-state index contributed by atoms with van der Waals surface area (Å²) in [7, 11) is -3.85. The number of aliphatic carboxylic acids is 1. The molecule has 0 radical (unpaired) electrons. The number of hydrogen-bond donors (Lipinski definition) is 1. The van der Waals surface area contributed by atoms with Gasteiger partial charge in [0.1, 0.15) is 0 Å². The third-order valence-electron chi connectivity index (χ3n) is 4.97. The largest absolute Gasteiger partial charge is 0.481 e. The highest BCUT2D eigenvalue weighted by Crippen LogP contribution is 2.41. The minimum absolute atomic E-state index is 0.0153. The second kappa shape index (κ2) is 5.62. The number of sulfone groups is 1. The SMILES string of the molecule is O=C(O)C1CC(S(=O)(=O)c2nc3n(n2)[C@H](c2ccccc2)C[C@@H]3F)C1. The number of carboxylic acid groups (broad SMARTS) is 1. The van der Waals surface area contributed by atoms with Gasteiger partial charge < -0.3 is 5.11 Å². The molecule has 1 N–H and O–H groups in total. The molecule has 0 saturated heterocycles. The minimum Gasteiger partial charge on any atom is -0.481 e. The zero-order chi connectivity index (χ0) is 17.8. The second-order valence-electron chi connectivity index (χ2n) is 6.50. The smallest absolute Gasteiger partial charge is 0.306 e. The average molecular weight is 365 g/mol. The summed E-state index contributed by atoms with van der Waals surface area (Å²) >= 11 is 0. The van der Waals surface area contributed by atoms with Gasteiger partial charge in [-0.3, -0.25) is 4.79 Å². The van der Waals surface area contributed by atoms with Crippen molar-refractivity contribution >= 4 is 15.8 Å². The molecule has 1 aromatic heterocycles. The van der Waals surface area contributed by atoms with E-state index in [9.17, 15) is 17.6 Å². The standard InChI is InChI=1S/C16H16FN3O4S/c17-12-8-13(9-4-2-1-3-5-9)20-14(12)18-16(19-20)25(23,24)11-6-10(7-11)15(21)22/h1-5,10-13H,6-8H2,(H,21,22)/t10?,11?,12-,13-/m0/s1. The van der Waals surface area contributed by atoms with Gasteiger partial charge in [-0.15, -0.1) is 5.10 Å². The Kier molecular flexibility index (Phi) is 3.64. The van der Waals surface area contributed by atoms with E-state index in [0.29, 0.717) is 0 Å². The summed E-state index contributed by atoms with van der Waals surface area (Å²) in [6.07, 6.45) is -1.12. The van der Waals surface area contributed by atoms with Crippen LogP contribution in [0.3, 0.4) is 0 Å². The van der Waals surface area contributed by atoms with Crippen LogP contribution in [0.1, 0.15) is 42.9 Å². The molecule has 1 aliphatic carbocycles. The van der Waals surface area contributed by atoms with E-state index in [0.717, 1.165) is 5.56 Å². The molecule has 7 nitrogen and oxygen atoms in total. The van der Waals surface area contributed by atoms with Crippen molar-refractivity contribution in [3.63, 3.8) is 0 Å². The summed E-state index contributed by atoms with van der Waals surface area (Å²) in [4.78, 5) is 14.8. The van der Waals surface area contributed by atoms with Crippen molar-refractivity contribution in [2.75, 3.05) is 0 Å². The quantitative estimate of drug-likeness (QED) is 0.888. The monoisotopic (exact) mass is 365 g/mol. The summed E-state index contributed by atoms with van der Waals surface area (Å²) in [6, 6.07) is 8.79. The fourth-order valence-corrected chi connectivity index (χ4v) is 5.09. The predicted molar refractivity (Wildman–Crippen MR) is 84.4 cm³/mol. The Morgan fingerprint density at radius 3 is 2.52 bits per heavy atom. The van der Waals surface area contributed by atoms with Crippen molar-refractivity contribution in [2.24, 2.45) is 5.92 Å². The molecule has 0 unspecified atom stereocenters. The van der Waals surface area contributed by atoms with Crippen molar-refractivity contribution < 1.29 is 22.7 Å². The molecule has 0 amide bonds. The molecular formula is C16H16FN3O4S. The van der Waals surface area contributed by atoms with E-state index in [1.54, 1.807) is 0 Å². The molecule has 1 saturated carbocycles. The van der Waals surface area contributed by atoms with Gasteiger partial charge in [0.25, 0.3) is 5.16 Å². The number of hydrogen-bond acceptors (Lipinski definition) is 5. The van der Waals surface area contributed by atoms with E-state index >= 15 is 0 Å². The highest BCUT2D eigenvalue weighted by Gasteiger charge is 2.46. The van der Waals surface area contributed by atoms with Gasteiger partial charge in [-0.2, -0.15) is 4.98 Å². The van der Waals surface area contributed by atoms with Crippen molar-refractivity contribution in [3.8, 4) is 0 Å². The molecular weight excluding hydrogens is 349 g/mol. The first-order valence-electron chi connectivity index (χ1n) is 8.00. The molecule has 0 spiro atoms. The van der Waals surface area contributed by atoms with Crippen LogP contribution in [0, 0.1) is 5.92 Å².